The van der Waals surface area contributed by atoms with Crippen molar-refractivity contribution in [2.24, 2.45) is 5.10 Å². The fraction of sp³-hybridized carbons (Fsp3) is 0.500. The summed E-state index contributed by atoms with van der Waals surface area (Å²) in [6, 6.07) is 3.78. The zero-order valence-electron chi connectivity index (χ0n) is 11.6. The monoisotopic (exact) mass is 296 g/mol. The summed E-state index contributed by atoms with van der Waals surface area (Å²) in [7, 11) is 2.21. The molecule has 2 aliphatic heterocycles. The van der Waals surface area contributed by atoms with Gasteiger partial charge in [0.15, 0.2) is 11.5 Å². The van der Waals surface area contributed by atoms with E-state index in [1.807, 2.05) is 18.3 Å². The first-order valence-corrected chi connectivity index (χ1v) is 7.29. The molecule has 1 N–H and O–H groups in total. The van der Waals surface area contributed by atoms with Gasteiger partial charge in [-0.2, -0.15) is 5.10 Å². The zero-order valence-corrected chi connectivity index (χ0v) is 12.3. The molecular formula is C14H19ClN3O2+. The molecule has 1 aromatic rings. The van der Waals surface area contributed by atoms with Crippen LogP contribution in [0.3, 0.4) is 0 Å². The molecule has 3 rings (SSSR count). The average Bonchev–Trinajstić information content (AvgIpc) is 2.47. The Morgan fingerprint density at radius 2 is 2.00 bits per heavy atom. The van der Waals surface area contributed by atoms with Crippen LogP contribution in [0.1, 0.15) is 5.56 Å². The summed E-state index contributed by atoms with van der Waals surface area (Å²) in [4.78, 5) is 1.55. The number of nitrogens with one attached hydrogen (secondary N) is 1. The van der Waals surface area contributed by atoms with E-state index >= 15 is 0 Å². The molecule has 0 spiro atoms. The van der Waals surface area contributed by atoms with Crippen LogP contribution < -0.4 is 14.4 Å². The number of hydrogen-bond acceptors (Lipinski definition) is 4. The molecular weight excluding hydrogens is 278 g/mol. The summed E-state index contributed by atoms with van der Waals surface area (Å²) in [6.07, 6.45) is 1.84. The first-order valence-electron chi connectivity index (χ1n) is 6.92. The van der Waals surface area contributed by atoms with Crippen LogP contribution in [0.2, 0.25) is 5.02 Å². The average molecular weight is 297 g/mol. The first-order chi connectivity index (χ1) is 9.72. The molecule has 0 aromatic heterocycles. The van der Waals surface area contributed by atoms with Crippen molar-refractivity contribution in [3.05, 3.63) is 22.7 Å². The molecule has 0 unspecified atom stereocenters. The smallest absolute Gasteiger partial charge is 0.179 e. The molecule has 1 aromatic carbocycles. The van der Waals surface area contributed by atoms with Gasteiger partial charge in [0.2, 0.25) is 0 Å². The van der Waals surface area contributed by atoms with E-state index in [1.54, 1.807) is 4.90 Å². The Labute approximate surface area is 123 Å². The van der Waals surface area contributed by atoms with Crippen molar-refractivity contribution in [1.29, 1.82) is 0 Å². The molecule has 1 saturated heterocycles. The summed E-state index contributed by atoms with van der Waals surface area (Å²) >= 11 is 6.20. The number of likely N-dealkylation sites (N-methyl/N-ethyl adjacent to an activating group) is 1. The topological polar surface area (TPSA) is 38.5 Å². The molecule has 0 atom stereocenters. The van der Waals surface area contributed by atoms with Crippen LogP contribution in [0.4, 0.5) is 0 Å². The molecule has 2 heterocycles. The number of nitrogens with zero attached hydrogens (tertiary/aromatic N) is 2. The standard InChI is InChI=1S/C14H18ClN3O2/c1-17-2-4-18(5-3-17)16-10-11-8-12(15)14-13(9-11)19-6-7-20-14/h8-10H,2-7H2,1H3/p+1/b16-10-. The molecule has 2 aliphatic rings. The van der Waals surface area contributed by atoms with E-state index in [0.717, 1.165) is 31.7 Å². The molecule has 6 heteroatoms. The van der Waals surface area contributed by atoms with Crippen LogP contribution in [0.15, 0.2) is 17.2 Å². The van der Waals surface area contributed by atoms with Crippen molar-refractivity contribution >= 4 is 17.8 Å². The number of rotatable bonds is 2. The van der Waals surface area contributed by atoms with Crippen molar-refractivity contribution in [3.63, 3.8) is 0 Å². The fourth-order valence-electron chi connectivity index (χ4n) is 2.35. The van der Waals surface area contributed by atoms with Crippen molar-refractivity contribution in [1.82, 2.24) is 5.01 Å². The molecule has 0 amide bonds. The highest BCUT2D eigenvalue weighted by Crippen LogP contribution is 2.37. The van der Waals surface area contributed by atoms with Gasteiger partial charge in [-0.1, -0.05) is 11.6 Å². The maximum absolute atomic E-state index is 6.20. The second-order valence-corrected chi connectivity index (χ2v) is 5.59. The van der Waals surface area contributed by atoms with Gasteiger partial charge in [0, 0.05) is 0 Å². The zero-order chi connectivity index (χ0) is 13.9. The molecule has 0 radical (unpaired) electrons. The summed E-state index contributed by atoms with van der Waals surface area (Å²) < 4.78 is 11.1. The van der Waals surface area contributed by atoms with E-state index in [-0.39, 0.29) is 0 Å². The third-order valence-electron chi connectivity index (χ3n) is 3.58. The molecule has 5 nitrogen and oxygen atoms in total. The Balaban J connectivity index is 1.72. The minimum Gasteiger partial charge on any atom is -0.486 e. The summed E-state index contributed by atoms with van der Waals surface area (Å²) in [5, 5.41) is 7.19. The molecule has 108 valence electrons. The van der Waals surface area contributed by atoms with E-state index in [2.05, 4.69) is 17.2 Å². The Morgan fingerprint density at radius 3 is 2.80 bits per heavy atom. The largest absolute Gasteiger partial charge is 0.486 e. The lowest BCUT2D eigenvalue weighted by Crippen LogP contribution is -3.11. The van der Waals surface area contributed by atoms with Gasteiger partial charge in [-0.05, 0) is 17.7 Å². The highest BCUT2D eigenvalue weighted by molar-refractivity contribution is 6.32. The van der Waals surface area contributed by atoms with E-state index in [4.69, 9.17) is 21.1 Å². The maximum Gasteiger partial charge on any atom is 0.179 e. The Hall–Kier alpha value is -1.46. The van der Waals surface area contributed by atoms with Crippen LogP contribution in [0, 0.1) is 0 Å². The minimum atomic E-state index is 0.545. The van der Waals surface area contributed by atoms with Crippen molar-refractivity contribution in [3.8, 4) is 11.5 Å². The van der Waals surface area contributed by atoms with Gasteiger partial charge >= 0.3 is 0 Å². The van der Waals surface area contributed by atoms with Gasteiger partial charge in [0.25, 0.3) is 0 Å². The van der Waals surface area contributed by atoms with Crippen LogP contribution in [0.25, 0.3) is 0 Å². The highest BCUT2D eigenvalue weighted by Gasteiger charge is 2.17. The van der Waals surface area contributed by atoms with Gasteiger partial charge < -0.3 is 14.4 Å². The van der Waals surface area contributed by atoms with E-state index in [1.165, 1.54) is 0 Å². The Kier molecular flexibility index (Phi) is 3.98. The predicted molar refractivity (Wildman–Crippen MR) is 78.2 cm³/mol. The fourth-order valence-corrected chi connectivity index (χ4v) is 2.62. The minimum absolute atomic E-state index is 0.545. The Morgan fingerprint density at radius 1 is 1.25 bits per heavy atom. The molecule has 1 fully saturated rings. The summed E-state index contributed by atoms with van der Waals surface area (Å²) in [5.41, 5.74) is 0.936. The number of fused-ring (bicyclic) bond motifs is 1. The quantitative estimate of drug-likeness (QED) is 0.797. The number of hydrogen-bond donors (Lipinski definition) is 1. The van der Waals surface area contributed by atoms with Crippen LogP contribution in [0.5, 0.6) is 11.5 Å². The first kappa shape index (κ1) is 13.5. The number of benzene rings is 1. The lowest BCUT2D eigenvalue weighted by atomic mass is 10.2. The number of ether oxygens (including phenoxy) is 2. The number of halogens is 1. The number of hydrazone groups is 1. The number of quaternary nitrogens is 1. The summed E-state index contributed by atoms with van der Waals surface area (Å²) in [6.45, 7) is 5.33. The van der Waals surface area contributed by atoms with Crippen LogP contribution in [-0.4, -0.2) is 57.7 Å². The normalized spacial score (nSPS) is 19.6. The van der Waals surface area contributed by atoms with Crippen molar-refractivity contribution in [2.75, 3.05) is 46.4 Å². The van der Waals surface area contributed by atoms with Gasteiger partial charge in [0.1, 0.15) is 13.2 Å². The maximum atomic E-state index is 6.20. The van der Waals surface area contributed by atoms with E-state index < -0.39 is 0 Å². The third kappa shape index (κ3) is 2.99. The lowest BCUT2D eigenvalue weighted by Gasteiger charge is -2.27. The van der Waals surface area contributed by atoms with Gasteiger partial charge in [0.05, 0.1) is 44.5 Å². The third-order valence-corrected chi connectivity index (χ3v) is 3.86. The van der Waals surface area contributed by atoms with Gasteiger partial charge in [-0.25, -0.2) is 0 Å². The number of piperazine rings is 1. The van der Waals surface area contributed by atoms with Crippen molar-refractivity contribution in [2.45, 2.75) is 0 Å². The predicted octanol–water partition coefficient (Wildman–Crippen LogP) is 0.275. The molecule has 0 saturated carbocycles. The van der Waals surface area contributed by atoms with Crippen LogP contribution in [-0.2, 0) is 0 Å². The van der Waals surface area contributed by atoms with E-state index in [9.17, 15) is 0 Å². The van der Waals surface area contributed by atoms with E-state index in [0.29, 0.717) is 29.7 Å². The highest BCUT2D eigenvalue weighted by atomic mass is 35.5. The molecule has 20 heavy (non-hydrogen) atoms. The lowest BCUT2D eigenvalue weighted by molar-refractivity contribution is -0.884. The SMILES string of the molecule is C[NH+]1CCN(/N=C\c2cc(Cl)c3c(c2)OCCO3)CC1. The second kappa shape index (κ2) is 5.89. The molecule has 0 bridgehead atoms. The summed E-state index contributed by atoms with van der Waals surface area (Å²) in [5.74, 6) is 1.34. The van der Waals surface area contributed by atoms with Crippen LogP contribution >= 0.6 is 11.6 Å². The van der Waals surface area contributed by atoms with Crippen molar-refractivity contribution < 1.29 is 14.4 Å². The van der Waals surface area contributed by atoms with Gasteiger partial charge in [-0.3, -0.25) is 5.01 Å². The molecule has 0 aliphatic carbocycles. The second-order valence-electron chi connectivity index (χ2n) is 5.18. The van der Waals surface area contributed by atoms with Gasteiger partial charge in [-0.15, -0.1) is 0 Å². The Bertz CT molecular complexity index is 513.